The van der Waals surface area contributed by atoms with E-state index < -0.39 is 0 Å². The van der Waals surface area contributed by atoms with Crippen molar-refractivity contribution in [1.82, 2.24) is 0 Å². The van der Waals surface area contributed by atoms with E-state index in [4.69, 9.17) is 0 Å². The molecule has 0 saturated carbocycles. The fourth-order valence-electron chi connectivity index (χ4n) is 2.77. The van der Waals surface area contributed by atoms with Crippen LogP contribution in [-0.2, 0) is 10.9 Å². The molecule has 0 aliphatic carbocycles. The van der Waals surface area contributed by atoms with Crippen molar-refractivity contribution >= 4 is 10.9 Å². The Labute approximate surface area is 126 Å². The molecule has 1 heteroatoms. The molecular formula is C19H25S+. The lowest BCUT2D eigenvalue weighted by atomic mass is 10.0. The standard InChI is InChI=1S/C19H25S/c1-4-16-19(3,5-2)20(17-12-8-6-9-13-17)18-14-10-7-11-15-18/h6-15H,4-5,16H2,1-3H3/q+1. The third-order valence-electron chi connectivity index (χ3n) is 3.98. The SMILES string of the molecule is CCCC(C)(CC)[S+](c1ccccc1)c1ccccc1. The highest BCUT2D eigenvalue weighted by Crippen LogP contribution is 2.39. The molecule has 0 saturated heterocycles. The molecular weight excluding hydrogens is 260 g/mol. The maximum absolute atomic E-state index is 2.46. The van der Waals surface area contributed by atoms with Crippen LogP contribution in [0.2, 0.25) is 0 Å². The Morgan fingerprint density at radius 3 is 1.60 bits per heavy atom. The zero-order valence-electron chi connectivity index (χ0n) is 12.8. The van der Waals surface area contributed by atoms with Gasteiger partial charge < -0.3 is 0 Å². The fraction of sp³-hybridized carbons (Fsp3) is 0.368. The number of benzene rings is 2. The van der Waals surface area contributed by atoms with Crippen LogP contribution in [0.5, 0.6) is 0 Å². The van der Waals surface area contributed by atoms with Gasteiger partial charge in [-0.15, -0.1) is 0 Å². The second kappa shape index (κ2) is 6.99. The normalized spacial score (nSPS) is 14.2. The Hall–Kier alpha value is -1.21. The van der Waals surface area contributed by atoms with Crippen molar-refractivity contribution in [2.24, 2.45) is 0 Å². The first-order valence-electron chi connectivity index (χ1n) is 7.56. The molecule has 0 fully saturated rings. The van der Waals surface area contributed by atoms with Gasteiger partial charge in [-0.1, -0.05) is 56.7 Å². The zero-order valence-corrected chi connectivity index (χ0v) is 13.6. The average molecular weight is 285 g/mol. The topological polar surface area (TPSA) is 0 Å². The minimum absolute atomic E-state index is 0.145. The summed E-state index contributed by atoms with van der Waals surface area (Å²) in [5.41, 5.74) is 0. The summed E-state index contributed by atoms with van der Waals surface area (Å²) in [6.07, 6.45) is 3.73. The highest BCUT2D eigenvalue weighted by Gasteiger charge is 2.44. The lowest BCUT2D eigenvalue weighted by Gasteiger charge is -2.28. The van der Waals surface area contributed by atoms with Gasteiger partial charge in [-0.2, -0.15) is 0 Å². The van der Waals surface area contributed by atoms with Gasteiger partial charge in [-0.05, 0) is 44.0 Å². The first-order valence-corrected chi connectivity index (χ1v) is 8.78. The smallest absolute Gasteiger partial charge is 0.0652 e. The lowest BCUT2D eigenvalue weighted by molar-refractivity contribution is 0.551. The molecule has 0 amide bonds. The van der Waals surface area contributed by atoms with Crippen LogP contribution < -0.4 is 0 Å². The maximum Gasteiger partial charge on any atom is 0.161 e. The van der Waals surface area contributed by atoms with Crippen molar-refractivity contribution < 1.29 is 0 Å². The van der Waals surface area contributed by atoms with Gasteiger partial charge in [0.1, 0.15) is 4.75 Å². The predicted octanol–water partition coefficient (Wildman–Crippen LogP) is 5.69. The van der Waals surface area contributed by atoms with E-state index in [0.717, 1.165) is 0 Å². The number of rotatable bonds is 6. The van der Waals surface area contributed by atoms with Gasteiger partial charge in [0.25, 0.3) is 0 Å². The number of hydrogen-bond acceptors (Lipinski definition) is 0. The first kappa shape index (κ1) is 15.2. The van der Waals surface area contributed by atoms with Crippen LogP contribution in [0, 0.1) is 0 Å². The Morgan fingerprint density at radius 2 is 1.25 bits per heavy atom. The maximum atomic E-state index is 2.46. The molecule has 106 valence electrons. The van der Waals surface area contributed by atoms with Crippen LogP contribution in [0.4, 0.5) is 0 Å². The molecule has 0 N–H and O–H groups in total. The summed E-state index contributed by atoms with van der Waals surface area (Å²) in [5.74, 6) is 0. The van der Waals surface area contributed by atoms with E-state index in [0.29, 0.717) is 4.75 Å². The van der Waals surface area contributed by atoms with Crippen molar-refractivity contribution in [3.8, 4) is 0 Å². The van der Waals surface area contributed by atoms with E-state index in [1.54, 1.807) is 0 Å². The second-order valence-corrected chi connectivity index (χ2v) is 8.03. The second-order valence-electron chi connectivity index (χ2n) is 5.49. The van der Waals surface area contributed by atoms with Crippen molar-refractivity contribution in [1.29, 1.82) is 0 Å². The van der Waals surface area contributed by atoms with E-state index in [9.17, 15) is 0 Å². The molecule has 0 bridgehead atoms. The molecule has 2 aromatic rings. The van der Waals surface area contributed by atoms with Crippen LogP contribution in [-0.4, -0.2) is 4.75 Å². The van der Waals surface area contributed by atoms with Crippen molar-refractivity contribution in [3.05, 3.63) is 60.7 Å². The van der Waals surface area contributed by atoms with Crippen molar-refractivity contribution in [3.63, 3.8) is 0 Å². The van der Waals surface area contributed by atoms with Gasteiger partial charge in [0, 0.05) is 0 Å². The zero-order chi connectivity index (χ0) is 14.4. The van der Waals surface area contributed by atoms with Gasteiger partial charge >= 0.3 is 0 Å². The average Bonchev–Trinajstić information content (AvgIpc) is 2.50. The summed E-state index contributed by atoms with van der Waals surface area (Å²) in [4.78, 5) is 2.94. The van der Waals surface area contributed by atoms with Crippen LogP contribution in [0.3, 0.4) is 0 Å². The predicted molar refractivity (Wildman–Crippen MR) is 90.4 cm³/mol. The van der Waals surface area contributed by atoms with Gasteiger partial charge in [0.05, 0.1) is 10.9 Å². The van der Waals surface area contributed by atoms with Gasteiger partial charge in [-0.3, -0.25) is 0 Å². The summed E-state index contributed by atoms with van der Waals surface area (Å²) < 4.78 is 0.345. The van der Waals surface area contributed by atoms with Crippen molar-refractivity contribution in [2.75, 3.05) is 0 Å². The van der Waals surface area contributed by atoms with Crippen LogP contribution in [0.15, 0.2) is 70.5 Å². The highest BCUT2D eigenvalue weighted by molar-refractivity contribution is 7.98. The van der Waals surface area contributed by atoms with Gasteiger partial charge in [-0.25, -0.2) is 0 Å². The molecule has 1 unspecified atom stereocenters. The number of hydrogen-bond donors (Lipinski definition) is 0. The Bertz CT molecular complexity index is 466. The third kappa shape index (κ3) is 3.27. The Kier molecular flexibility index (Phi) is 5.31. The Balaban J connectivity index is 2.50. The molecule has 20 heavy (non-hydrogen) atoms. The molecule has 0 aliphatic rings. The largest absolute Gasteiger partial charge is 0.161 e. The molecule has 2 aromatic carbocycles. The third-order valence-corrected chi connectivity index (χ3v) is 6.94. The van der Waals surface area contributed by atoms with E-state index >= 15 is 0 Å². The molecule has 0 aliphatic heterocycles. The van der Waals surface area contributed by atoms with Crippen LogP contribution >= 0.6 is 0 Å². The lowest BCUT2D eigenvalue weighted by Crippen LogP contribution is -2.35. The van der Waals surface area contributed by atoms with E-state index in [2.05, 4.69) is 81.4 Å². The minimum atomic E-state index is 0.145. The summed E-state index contributed by atoms with van der Waals surface area (Å²) in [6, 6.07) is 22.1. The molecule has 0 spiro atoms. The van der Waals surface area contributed by atoms with Gasteiger partial charge in [0.2, 0.25) is 0 Å². The molecule has 0 radical (unpaired) electrons. The molecule has 0 heterocycles. The van der Waals surface area contributed by atoms with Gasteiger partial charge in [0.15, 0.2) is 9.79 Å². The van der Waals surface area contributed by atoms with Crippen molar-refractivity contribution in [2.45, 2.75) is 54.6 Å². The summed E-state index contributed by atoms with van der Waals surface area (Å²) in [6.45, 7) is 7.09. The molecule has 2 rings (SSSR count). The monoisotopic (exact) mass is 285 g/mol. The van der Waals surface area contributed by atoms with E-state index in [1.807, 2.05) is 0 Å². The summed E-state index contributed by atoms with van der Waals surface area (Å²) in [5, 5.41) is 0. The van der Waals surface area contributed by atoms with Crippen LogP contribution in [0.25, 0.3) is 0 Å². The van der Waals surface area contributed by atoms with E-state index in [1.165, 1.54) is 29.1 Å². The first-order chi connectivity index (χ1) is 9.71. The summed E-state index contributed by atoms with van der Waals surface area (Å²) >= 11 is 0. The molecule has 1 atom stereocenters. The summed E-state index contributed by atoms with van der Waals surface area (Å²) in [7, 11) is 0.145. The Morgan fingerprint density at radius 1 is 0.800 bits per heavy atom. The van der Waals surface area contributed by atoms with E-state index in [-0.39, 0.29) is 10.9 Å². The quantitative estimate of drug-likeness (QED) is 0.598. The molecule has 0 aromatic heterocycles. The van der Waals surface area contributed by atoms with Crippen LogP contribution in [0.1, 0.15) is 40.0 Å². The minimum Gasteiger partial charge on any atom is -0.0652 e. The fourth-order valence-corrected chi connectivity index (χ4v) is 5.74. The highest BCUT2D eigenvalue weighted by atomic mass is 32.2. The molecule has 0 nitrogen and oxygen atoms in total.